The summed E-state index contributed by atoms with van der Waals surface area (Å²) >= 11 is 5.40. The second kappa shape index (κ2) is 6.15. The number of hydrogen-bond acceptors (Lipinski definition) is 3. The predicted octanol–water partition coefficient (Wildman–Crippen LogP) is 2.72. The third-order valence-corrected chi connectivity index (χ3v) is 4.92. The van der Waals surface area contributed by atoms with E-state index in [1.54, 1.807) is 0 Å². The molecule has 4 heteroatoms. The zero-order valence-electron chi connectivity index (χ0n) is 9.49. The summed E-state index contributed by atoms with van der Waals surface area (Å²) in [6.07, 6.45) is 3.91. The molecule has 0 aliphatic carbocycles. The van der Waals surface area contributed by atoms with Gasteiger partial charge in [0.25, 0.3) is 0 Å². The van der Waals surface area contributed by atoms with Crippen LogP contribution in [0.25, 0.3) is 0 Å². The maximum absolute atomic E-state index is 5.58. The lowest BCUT2D eigenvalue weighted by molar-refractivity contribution is 0.189. The van der Waals surface area contributed by atoms with Gasteiger partial charge >= 0.3 is 0 Å². The van der Waals surface area contributed by atoms with Crippen molar-refractivity contribution >= 4 is 27.3 Å². The van der Waals surface area contributed by atoms with E-state index >= 15 is 0 Å². The number of piperidine rings is 1. The molecule has 1 saturated heterocycles. The molecule has 2 N–H and O–H groups in total. The quantitative estimate of drug-likeness (QED) is 0.927. The summed E-state index contributed by atoms with van der Waals surface area (Å²) < 4.78 is 1.25. The molecule has 0 radical (unpaired) electrons. The van der Waals surface area contributed by atoms with Crippen LogP contribution < -0.4 is 5.73 Å². The van der Waals surface area contributed by atoms with Gasteiger partial charge in [0.05, 0.1) is 3.79 Å². The van der Waals surface area contributed by atoms with Crippen LogP contribution in [0, 0.1) is 5.92 Å². The van der Waals surface area contributed by atoms with Crippen LogP contribution in [-0.4, -0.2) is 31.1 Å². The molecule has 16 heavy (non-hydrogen) atoms. The summed E-state index contributed by atoms with van der Waals surface area (Å²) in [4.78, 5) is 4.00. The third kappa shape index (κ3) is 3.55. The van der Waals surface area contributed by atoms with Crippen molar-refractivity contribution in [1.82, 2.24) is 4.90 Å². The lowest BCUT2D eigenvalue weighted by atomic mass is 9.93. The third-order valence-electron chi connectivity index (χ3n) is 3.27. The van der Waals surface area contributed by atoms with E-state index in [0.717, 1.165) is 19.0 Å². The minimum Gasteiger partial charge on any atom is -0.329 e. The van der Waals surface area contributed by atoms with Crippen LogP contribution in [0.4, 0.5) is 0 Å². The molecule has 0 bridgehead atoms. The second-order valence-corrected chi connectivity index (χ2v) is 7.03. The van der Waals surface area contributed by atoms with Gasteiger partial charge in [-0.15, -0.1) is 11.3 Å². The number of nitrogens with two attached hydrogens (primary N) is 1. The van der Waals surface area contributed by atoms with E-state index in [0.29, 0.717) is 0 Å². The molecule has 90 valence electrons. The molecule has 1 aromatic rings. The molecule has 1 aliphatic heterocycles. The Kier molecular flexibility index (Phi) is 4.82. The number of rotatable bonds is 4. The fourth-order valence-electron chi connectivity index (χ4n) is 2.34. The Bertz CT molecular complexity index is 319. The molecule has 0 amide bonds. The van der Waals surface area contributed by atoms with E-state index < -0.39 is 0 Å². The average molecular weight is 303 g/mol. The Hall–Kier alpha value is 0.1000. The Labute approximate surface area is 110 Å². The average Bonchev–Trinajstić information content (AvgIpc) is 2.67. The van der Waals surface area contributed by atoms with Crippen LogP contribution in [0.5, 0.6) is 0 Å². The number of hydrogen-bond donors (Lipinski definition) is 1. The molecule has 2 nitrogen and oxygen atoms in total. The second-order valence-electron chi connectivity index (χ2n) is 4.48. The topological polar surface area (TPSA) is 29.3 Å². The number of likely N-dealkylation sites (tertiary alicyclic amines) is 1. The minimum atomic E-state index is 0.794. The normalized spacial score (nSPS) is 19.1. The van der Waals surface area contributed by atoms with Crippen molar-refractivity contribution in [2.24, 2.45) is 11.7 Å². The van der Waals surface area contributed by atoms with Crippen LogP contribution in [0.3, 0.4) is 0 Å². The largest absolute Gasteiger partial charge is 0.329 e. The van der Waals surface area contributed by atoms with E-state index in [4.69, 9.17) is 5.73 Å². The summed E-state index contributed by atoms with van der Waals surface area (Å²) in [5.74, 6) is 0.875. The van der Waals surface area contributed by atoms with E-state index in [9.17, 15) is 0 Å². The van der Waals surface area contributed by atoms with Crippen molar-refractivity contribution in [1.29, 1.82) is 0 Å². The van der Waals surface area contributed by atoms with Gasteiger partial charge in [-0.25, -0.2) is 0 Å². The first-order valence-corrected chi connectivity index (χ1v) is 7.55. The SMILES string of the molecule is NCCN1CCC(Cc2ccc(Br)s2)CC1. The maximum atomic E-state index is 5.58. The Morgan fingerprint density at radius 2 is 2.12 bits per heavy atom. The summed E-state index contributed by atoms with van der Waals surface area (Å²) in [7, 11) is 0. The number of halogens is 1. The van der Waals surface area contributed by atoms with Crippen molar-refractivity contribution in [2.45, 2.75) is 19.3 Å². The first kappa shape index (κ1) is 12.6. The van der Waals surface area contributed by atoms with Crippen molar-refractivity contribution < 1.29 is 0 Å². The summed E-state index contributed by atoms with van der Waals surface area (Å²) in [6.45, 7) is 4.32. The molecule has 0 unspecified atom stereocenters. The Morgan fingerprint density at radius 1 is 1.38 bits per heavy atom. The van der Waals surface area contributed by atoms with Gasteiger partial charge < -0.3 is 10.6 Å². The van der Waals surface area contributed by atoms with Crippen LogP contribution in [0.15, 0.2) is 15.9 Å². The number of thiophene rings is 1. The van der Waals surface area contributed by atoms with Crippen LogP contribution in [0.1, 0.15) is 17.7 Å². The summed E-state index contributed by atoms with van der Waals surface area (Å²) in [5, 5.41) is 0. The molecule has 1 aliphatic rings. The monoisotopic (exact) mass is 302 g/mol. The van der Waals surface area contributed by atoms with Crippen molar-refractivity contribution in [3.63, 3.8) is 0 Å². The molecule has 1 fully saturated rings. The number of nitrogens with zero attached hydrogens (tertiary/aromatic N) is 1. The standard InChI is InChI=1S/C12H19BrN2S/c13-12-2-1-11(16-12)9-10-3-6-15(7-4-10)8-5-14/h1-2,10H,3-9,14H2. The van der Waals surface area contributed by atoms with Gasteiger partial charge in [0.15, 0.2) is 0 Å². The lowest BCUT2D eigenvalue weighted by Crippen LogP contribution is -2.37. The molecular weight excluding hydrogens is 284 g/mol. The molecular formula is C12H19BrN2S. The Balaban J connectivity index is 1.77. The highest BCUT2D eigenvalue weighted by atomic mass is 79.9. The van der Waals surface area contributed by atoms with Gasteiger partial charge in [0.2, 0.25) is 0 Å². The molecule has 2 heterocycles. The fourth-order valence-corrected chi connectivity index (χ4v) is 3.94. The van der Waals surface area contributed by atoms with Gasteiger partial charge in [-0.3, -0.25) is 0 Å². The van der Waals surface area contributed by atoms with Gasteiger partial charge in [-0.1, -0.05) is 0 Å². The molecule has 0 aromatic carbocycles. The van der Waals surface area contributed by atoms with Crippen LogP contribution >= 0.6 is 27.3 Å². The molecule has 2 rings (SSSR count). The lowest BCUT2D eigenvalue weighted by Gasteiger charge is -2.31. The summed E-state index contributed by atoms with van der Waals surface area (Å²) in [6, 6.07) is 4.41. The van der Waals surface area contributed by atoms with E-state index in [2.05, 4.69) is 33.0 Å². The molecule has 0 spiro atoms. The first-order chi connectivity index (χ1) is 7.78. The fraction of sp³-hybridized carbons (Fsp3) is 0.667. The van der Waals surface area contributed by atoms with Gasteiger partial charge in [-0.2, -0.15) is 0 Å². The highest BCUT2D eigenvalue weighted by molar-refractivity contribution is 9.11. The predicted molar refractivity (Wildman–Crippen MR) is 73.9 cm³/mol. The van der Waals surface area contributed by atoms with Crippen molar-refractivity contribution in [2.75, 3.05) is 26.2 Å². The smallest absolute Gasteiger partial charge is 0.0701 e. The van der Waals surface area contributed by atoms with Gasteiger partial charge in [-0.05, 0) is 66.3 Å². The molecule has 0 saturated carbocycles. The van der Waals surface area contributed by atoms with Crippen molar-refractivity contribution in [3.05, 3.63) is 20.8 Å². The van der Waals surface area contributed by atoms with Crippen LogP contribution in [-0.2, 0) is 6.42 Å². The van der Waals surface area contributed by atoms with E-state index in [-0.39, 0.29) is 0 Å². The van der Waals surface area contributed by atoms with Crippen molar-refractivity contribution in [3.8, 4) is 0 Å². The highest BCUT2D eigenvalue weighted by Crippen LogP contribution is 2.28. The highest BCUT2D eigenvalue weighted by Gasteiger charge is 2.19. The first-order valence-electron chi connectivity index (χ1n) is 5.94. The van der Waals surface area contributed by atoms with Gasteiger partial charge in [0.1, 0.15) is 0 Å². The Morgan fingerprint density at radius 3 is 2.69 bits per heavy atom. The molecule has 1 aromatic heterocycles. The summed E-state index contributed by atoms with van der Waals surface area (Å²) in [5.41, 5.74) is 5.58. The minimum absolute atomic E-state index is 0.794. The zero-order chi connectivity index (χ0) is 11.4. The zero-order valence-corrected chi connectivity index (χ0v) is 11.9. The molecule has 0 atom stereocenters. The maximum Gasteiger partial charge on any atom is 0.0701 e. The van der Waals surface area contributed by atoms with E-state index in [1.807, 2.05) is 11.3 Å². The van der Waals surface area contributed by atoms with Gasteiger partial charge in [0, 0.05) is 18.0 Å². The van der Waals surface area contributed by atoms with E-state index in [1.165, 1.54) is 41.0 Å². The van der Waals surface area contributed by atoms with Crippen LogP contribution in [0.2, 0.25) is 0 Å².